The van der Waals surface area contributed by atoms with E-state index in [4.69, 9.17) is 0 Å². The molecule has 1 fully saturated rings. The molecule has 0 aromatic carbocycles. The fourth-order valence-electron chi connectivity index (χ4n) is 2.63. The van der Waals surface area contributed by atoms with Crippen molar-refractivity contribution < 1.29 is 9.18 Å². The summed E-state index contributed by atoms with van der Waals surface area (Å²) >= 11 is 0. The lowest BCUT2D eigenvalue weighted by Crippen LogP contribution is -2.41. The van der Waals surface area contributed by atoms with Crippen LogP contribution >= 0.6 is 0 Å². The molecule has 1 amide bonds. The van der Waals surface area contributed by atoms with Crippen molar-refractivity contribution in [3.63, 3.8) is 0 Å². The van der Waals surface area contributed by atoms with E-state index in [1.54, 1.807) is 6.07 Å². The quantitative estimate of drug-likeness (QED) is 0.773. The summed E-state index contributed by atoms with van der Waals surface area (Å²) in [6.07, 6.45) is 5.69. The molecule has 4 heteroatoms. The average molecular weight is 250 g/mol. The van der Waals surface area contributed by atoms with Crippen molar-refractivity contribution in [1.29, 1.82) is 0 Å². The molecule has 18 heavy (non-hydrogen) atoms. The highest BCUT2D eigenvalue weighted by molar-refractivity contribution is 5.92. The van der Waals surface area contributed by atoms with E-state index in [2.05, 4.69) is 4.98 Å². The first kappa shape index (κ1) is 13.0. The lowest BCUT2D eigenvalue weighted by atomic mass is 9.94. The van der Waals surface area contributed by atoms with Crippen LogP contribution in [0.5, 0.6) is 0 Å². The van der Waals surface area contributed by atoms with Crippen molar-refractivity contribution >= 4 is 5.91 Å². The van der Waals surface area contributed by atoms with Gasteiger partial charge in [0.25, 0.3) is 5.91 Å². The Balaban J connectivity index is 2.14. The summed E-state index contributed by atoms with van der Waals surface area (Å²) in [5.41, 5.74) is 0.211. The zero-order valence-electron chi connectivity index (χ0n) is 10.7. The molecule has 0 N–H and O–H groups in total. The van der Waals surface area contributed by atoms with E-state index in [0.29, 0.717) is 12.6 Å². The Labute approximate surface area is 107 Å². The molecule has 2 rings (SSSR count). The molecule has 98 valence electrons. The van der Waals surface area contributed by atoms with Gasteiger partial charge in [-0.25, -0.2) is 4.98 Å². The van der Waals surface area contributed by atoms with Gasteiger partial charge in [-0.05, 0) is 31.9 Å². The largest absolute Gasteiger partial charge is 0.335 e. The van der Waals surface area contributed by atoms with Gasteiger partial charge in [-0.3, -0.25) is 4.79 Å². The zero-order valence-corrected chi connectivity index (χ0v) is 10.7. The summed E-state index contributed by atoms with van der Waals surface area (Å²) in [5, 5.41) is 0. The predicted octanol–water partition coefficient (Wildman–Crippen LogP) is 3.02. The molecule has 0 radical (unpaired) electrons. The van der Waals surface area contributed by atoms with E-state index in [9.17, 15) is 9.18 Å². The molecule has 0 atom stereocenters. The van der Waals surface area contributed by atoms with E-state index in [0.717, 1.165) is 12.8 Å². The Hall–Kier alpha value is -1.45. The van der Waals surface area contributed by atoms with Gasteiger partial charge in [0.15, 0.2) is 0 Å². The van der Waals surface area contributed by atoms with Crippen molar-refractivity contribution in [1.82, 2.24) is 9.88 Å². The van der Waals surface area contributed by atoms with E-state index >= 15 is 0 Å². The van der Waals surface area contributed by atoms with Crippen LogP contribution in [0, 0.1) is 5.95 Å². The second-order valence-electron chi connectivity index (χ2n) is 4.73. The molecule has 0 bridgehead atoms. The van der Waals surface area contributed by atoms with Crippen LogP contribution in [0.1, 0.15) is 49.5 Å². The highest BCUT2D eigenvalue weighted by Gasteiger charge is 2.25. The van der Waals surface area contributed by atoms with Gasteiger partial charge < -0.3 is 4.90 Å². The van der Waals surface area contributed by atoms with Gasteiger partial charge in [-0.15, -0.1) is 0 Å². The summed E-state index contributed by atoms with van der Waals surface area (Å²) in [4.78, 5) is 17.8. The van der Waals surface area contributed by atoms with Crippen molar-refractivity contribution in [2.75, 3.05) is 6.54 Å². The smallest absolute Gasteiger partial charge is 0.272 e. The minimum Gasteiger partial charge on any atom is -0.335 e. The number of hydrogen-bond acceptors (Lipinski definition) is 2. The van der Waals surface area contributed by atoms with Crippen LogP contribution in [0.4, 0.5) is 4.39 Å². The SMILES string of the molecule is CCN(C(=O)c1cccc(F)n1)C1CCCCC1. The molecular weight excluding hydrogens is 231 g/mol. The van der Waals surface area contributed by atoms with Gasteiger partial charge in [-0.2, -0.15) is 4.39 Å². The third-order valence-corrected chi connectivity index (χ3v) is 3.55. The van der Waals surface area contributed by atoms with Crippen LogP contribution < -0.4 is 0 Å². The van der Waals surface area contributed by atoms with Crippen LogP contribution in [0.3, 0.4) is 0 Å². The summed E-state index contributed by atoms with van der Waals surface area (Å²) in [6, 6.07) is 4.66. The van der Waals surface area contributed by atoms with Gasteiger partial charge >= 0.3 is 0 Å². The highest BCUT2D eigenvalue weighted by Crippen LogP contribution is 2.23. The van der Waals surface area contributed by atoms with Crippen LogP contribution in [0.15, 0.2) is 18.2 Å². The normalized spacial score (nSPS) is 16.6. The molecule has 0 aliphatic heterocycles. The molecule has 1 saturated carbocycles. The number of nitrogens with zero attached hydrogens (tertiary/aromatic N) is 2. The third kappa shape index (κ3) is 2.86. The molecule has 1 heterocycles. The van der Waals surface area contributed by atoms with E-state index in [-0.39, 0.29) is 11.6 Å². The summed E-state index contributed by atoms with van der Waals surface area (Å²) in [6.45, 7) is 2.62. The Morgan fingerprint density at radius 1 is 1.39 bits per heavy atom. The number of pyridine rings is 1. The van der Waals surface area contributed by atoms with Gasteiger partial charge in [0.1, 0.15) is 5.69 Å². The lowest BCUT2D eigenvalue weighted by molar-refractivity contribution is 0.0640. The van der Waals surface area contributed by atoms with Crippen LogP contribution in [-0.4, -0.2) is 28.4 Å². The molecule has 0 unspecified atom stereocenters. The third-order valence-electron chi connectivity index (χ3n) is 3.55. The summed E-state index contributed by atoms with van der Waals surface area (Å²) in [7, 11) is 0. The monoisotopic (exact) mass is 250 g/mol. The number of amides is 1. The Kier molecular flexibility index (Phi) is 4.28. The standard InChI is InChI=1S/C14H19FN2O/c1-2-17(11-7-4-3-5-8-11)14(18)12-9-6-10-13(15)16-12/h6,9-11H,2-5,7-8H2,1H3. The Bertz CT molecular complexity index is 416. The van der Waals surface area contributed by atoms with Crippen LogP contribution in [0.2, 0.25) is 0 Å². The fraction of sp³-hybridized carbons (Fsp3) is 0.571. The Morgan fingerprint density at radius 2 is 2.11 bits per heavy atom. The van der Waals surface area contributed by atoms with Crippen molar-refractivity contribution in [3.05, 3.63) is 29.8 Å². The van der Waals surface area contributed by atoms with Gasteiger partial charge in [0.05, 0.1) is 0 Å². The molecule has 3 nitrogen and oxygen atoms in total. The van der Waals surface area contributed by atoms with E-state index in [1.165, 1.54) is 31.4 Å². The number of rotatable bonds is 3. The molecule has 1 aliphatic rings. The van der Waals surface area contributed by atoms with E-state index < -0.39 is 5.95 Å². The van der Waals surface area contributed by atoms with Crippen molar-refractivity contribution in [2.24, 2.45) is 0 Å². The molecule has 1 aliphatic carbocycles. The maximum Gasteiger partial charge on any atom is 0.272 e. The second-order valence-corrected chi connectivity index (χ2v) is 4.73. The zero-order chi connectivity index (χ0) is 13.0. The minimum absolute atomic E-state index is 0.149. The lowest BCUT2D eigenvalue weighted by Gasteiger charge is -2.33. The molecule has 1 aromatic heterocycles. The van der Waals surface area contributed by atoms with Gasteiger partial charge in [0, 0.05) is 12.6 Å². The summed E-state index contributed by atoms with van der Waals surface area (Å²) < 4.78 is 13.1. The Morgan fingerprint density at radius 3 is 2.72 bits per heavy atom. The van der Waals surface area contributed by atoms with Gasteiger partial charge in [0.2, 0.25) is 5.95 Å². The highest BCUT2D eigenvalue weighted by atomic mass is 19.1. The molecule has 0 spiro atoms. The first-order valence-electron chi connectivity index (χ1n) is 6.66. The first-order valence-corrected chi connectivity index (χ1v) is 6.66. The topological polar surface area (TPSA) is 33.2 Å². The van der Waals surface area contributed by atoms with E-state index in [1.807, 2.05) is 11.8 Å². The molecule has 1 aromatic rings. The number of aromatic nitrogens is 1. The maximum absolute atomic E-state index is 13.1. The average Bonchev–Trinajstić information content (AvgIpc) is 2.41. The fourth-order valence-corrected chi connectivity index (χ4v) is 2.63. The van der Waals surface area contributed by atoms with Crippen LogP contribution in [-0.2, 0) is 0 Å². The summed E-state index contributed by atoms with van der Waals surface area (Å²) in [5.74, 6) is -0.746. The molecular formula is C14H19FN2O. The molecule has 0 saturated heterocycles. The van der Waals surface area contributed by atoms with Crippen LogP contribution in [0.25, 0.3) is 0 Å². The predicted molar refractivity (Wildman–Crippen MR) is 67.8 cm³/mol. The maximum atomic E-state index is 13.1. The van der Waals surface area contributed by atoms with Gasteiger partial charge in [-0.1, -0.05) is 25.3 Å². The second kappa shape index (κ2) is 5.94. The number of carbonyl (C=O) groups is 1. The van der Waals surface area contributed by atoms with Crippen molar-refractivity contribution in [3.8, 4) is 0 Å². The first-order chi connectivity index (χ1) is 8.72. The number of hydrogen-bond donors (Lipinski definition) is 0. The van der Waals surface area contributed by atoms with Crippen molar-refractivity contribution in [2.45, 2.75) is 45.1 Å². The number of carbonyl (C=O) groups excluding carboxylic acids is 1. The number of halogens is 1. The minimum atomic E-state index is -0.597.